The highest BCUT2D eigenvalue weighted by Crippen LogP contribution is 2.33. The van der Waals surface area contributed by atoms with Gasteiger partial charge in [-0.3, -0.25) is 0 Å². The van der Waals surface area contributed by atoms with Crippen molar-refractivity contribution >= 4 is 0 Å². The van der Waals surface area contributed by atoms with Gasteiger partial charge in [-0.15, -0.1) is 0 Å². The molecule has 0 aliphatic heterocycles. The van der Waals surface area contributed by atoms with Crippen LogP contribution < -0.4 is 14.8 Å². The second kappa shape index (κ2) is 6.38. The van der Waals surface area contributed by atoms with E-state index in [1.54, 1.807) is 14.2 Å². The number of rotatable bonds is 5. The van der Waals surface area contributed by atoms with E-state index in [1.165, 1.54) is 5.56 Å². The summed E-state index contributed by atoms with van der Waals surface area (Å²) in [6.07, 6.45) is 0.353. The molecule has 22 heavy (non-hydrogen) atoms. The quantitative estimate of drug-likeness (QED) is 0.890. The number of benzene rings is 2. The maximum atomic E-state index is 10.4. The summed E-state index contributed by atoms with van der Waals surface area (Å²) in [5.74, 6) is 1.58. The number of nitrogens with one attached hydrogen (secondary N) is 1. The van der Waals surface area contributed by atoms with Gasteiger partial charge in [0.25, 0.3) is 0 Å². The van der Waals surface area contributed by atoms with E-state index in [-0.39, 0.29) is 6.04 Å². The van der Waals surface area contributed by atoms with Crippen molar-refractivity contribution < 1.29 is 14.6 Å². The number of aliphatic hydroxyl groups excluding tert-OH is 1. The Kier molecular flexibility index (Phi) is 4.32. The first-order valence-electron chi connectivity index (χ1n) is 7.43. The van der Waals surface area contributed by atoms with Crippen LogP contribution in [-0.2, 0) is 13.0 Å². The van der Waals surface area contributed by atoms with E-state index in [4.69, 9.17) is 9.47 Å². The molecule has 0 spiro atoms. The van der Waals surface area contributed by atoms with Crippen LogP contribution in [0.5, 0.6) is 11.5 Å². The molecule has 0 aromatic heterocycles. The molecular weight excluding hydrogens is 278 g/mol. The predicted octanol–water partition coefficient (Wildman–Crippen LogP) is 2.45. The van der Waals surface area contributed by atoms with Gasteiger partial charge in [0.15, 0.2) is 0 Å². The van der Waals surface area contributed by atoms with E-state index in [2.05, 4.69) is 11.4 Å². The first-order chi connectivity index (χ1) is 10.7. The summed E-state index contributed by atoms with van der Waals surface area (Å²) < 4.78 is 10.8. The fraction of sp³-hybridized carbons (Fsp3) is 0.333. The van der Waals surface area contributed by atoms with Crippen LogP contribution >= 0.6 is 0 Å². The molecule has 0 saturated carbocycles. The SMILES string of the molecule is COc1cccc(OC)c1CN[C@H]1Cc2ccccc2[C@H]1O. The van der Waals surface area contributed by atoms with E-state index in [0.29, 0.717) is 6.54 Å². The van der Waals surface area contributed by atoms with E-state index < -0.39 is 6.10 Å². The average Bonchev–Trinajstić information content (AvgIpc) is 2.89. The van der Waals surface area contributed by atoms with Crippen LogP contribution in [0.1, 0.15) is 22.8 Å². The minimum atomic E-state index is -0.475. The zero-order valence-corrected chi connectivity index (χ0v) is 12.9. The van der Waals surface area contributed by atoms with Crippen molar-refractivity contribution in [1.29, 1.82) is 0 Å². The van der Waals surface area contributed by atoms with Gasteiger partial charge in [0, 0.05) is 18.2 Å². The second-order valence-corrected chi connectivity index (χ2v) is 5.48. The third kappa shape index (κ3) is 2.67. The second-order valence-electron chi connectivity index (χ2n) is 5.48. The van der Waals surface area contributed by atoms with Crippen LogP contribution in [0.3, 0.4) is 0 Å². The van der Waals surface area contributed by atoms with E-state index in [1.807, 2.05) is 36.4 Å². The maximum absolute atomic E-state index is 10.4. The van der Waals surface area contributed by atoms with Gasteiger partial charge < -0.3 is 19.9 Å². The van der Waals surface area contributed by atoms with Gasteiger partial charge >= 0.3 is 0 Å². The molecule has 2 N–H and O–H groups in total. The van der Waals surface area contributed by atoms with Crippen LogP contribution in [0.25, 0.3) is 0 Å². The van der Waals surface area contributed by atoms with Crippen molar-refractivity contribution in [3.05, 3.63) is 59.2 Å². The van der Waals surface area contributed by atoms with Crippen molar-refractivity contribution in [2.75, 3.05) is 14.2 Å². The lowest BCUT2D eigenvalue weighted by molar-refractivity contribution is 0.141. The summed E-state index contributed by atoms with van der Waals surface area (Å²) in [6.45, 7) is 0.586. The van der Waals surface area contributed by atoms with Crippen LogP contribution in [0, 0.1) is 0 Å². The lowest BCUT2D eigenvalue weighted by atomic mass is 10.1. The third-order valence-electron chi connectivity index (χ3n) is 4.27. The average molecular weight is 299 g/mol. The number of aliphatic hydroxyl groups is 1. The van der Waals surface area contributed by atoms with Gasteiger partial charge in [0.1, 0.15) is 11.5 Å². The van der Waals surface area contributed by atoms with Crippen molar-refractivity contribution in [1.82, 2.24) is 5.32 Å². The van der Waals surface area contributed by atoms with Crippen LogP contribution in [0.4, 0.5) is 0 Å². The molecule has 4 heteroatoms. The summed E-state index contributed by atoms with van der Waals surface area (Å²) in [5, 5.41) is 13.9. The van der Waals surface area contributed by atoms with Gasteiger partial charge in [0.2, 0.25) is 0 Å². The summed E-state index contributed by atoms with van der Waals surface area (Å²) in [4.78, 5) is 0. The highest BCUT2D eigenvalue weighted by molar-refractivity contribution is 5.45. The molecule has 3 rings (SSSR count). The zero-order valence-electron chi connectivity index (χ0n) is 12.9. The number of hydrogen-bond acceptors (Lipinski definition) is 4. The Labute approximate surface area is 130 Å². The molecule has 0 bridgehead atoms. The molecule has 0 saturated heterocycles. The number of fused-ring (bicyclic) bond motifs is 1. The van der Waals surface area contributed by atoms with E-state index in [9.17, 15) is 5.11 Å². The Morgan fingerprint density at radius 3 is 2.36 bits per heavy atom. The molecule has 2 atom stereocenters. The number of methoxy groups -OCH3 is 2. The summed E-state index contributed by atoms with van der Waals surface area (Å²) in [6, 6.07) is 13.8. The smallest absolute Gasteiger partial charge is 0.127 e. The van der Waals surface area contributed by atoms with Crippen molar-refractivity contribution in [2.24, 2.45) is 0 Å². The molecule has 0 heterocycles. The fourth-order valence-electron chi connectivity index (χ4n) is 3.09. The van der Waals surface area contributed by atoms with Gasteiger partial charge in [-0.1, -0.05) is 30.3 Å². The van der Waals surface area contributed by atoms with Crippen LogP contribution in [-0.4, -0.2) is 25.4 Å². The molecule has 0 fully saturated rings. The van der Waals surface area contributed by atoms with Gasteiger partial charge in [-0.05, 0) is 29.7 Å². The number of ether oxygens (including phenoxy) is 2. The largest absolute Gasteiger partial charge is 0.496 e. The molecule has 2 aromatic rings. The Balaban J connectivity index is 1.75. The fourth-order valence-corrected chi connectivity index (χ4v) is 3.09. The molecule has 0 radical (unpaired) electrons. The lowest BCUT2D eigenvalue weighted by Gasteiger charge is -2.19. The Bertz CT molecular complexity index is 634. The molecular formula is C18H21NO3. The van der Waals surface area contributed by atoms with E-state index in [0.717, 1.165) is 29.0 Å². The first-order valence-corrected chi connectivity index (χ1v) is 7.43. The third-order valence-corrected chi connectivity index (χ3v) is 4.27. The van der Waals surface area contributed by atoms with Gasteiger partial charge in [-0.25, -0.2) is 0 Å². The normalized spacial score (nSPS) is 19.8. The maximum Gasteiger partial charge on any atom is 0.127 e. The summed E-state index contributed by atoms with van der Waals surface area (Å²) in [7, 11) is 3.30. The Morgan fingerprint density at radius 1 is 1.05 bits per heavy atom. The predicted molar refractivity (Wildman–Crippen MR) is 85.3 cm³/mol. The highest BCUT2D eigenvalue weighted by atomic mass is 16.5. The van der Waals surface area contributed by atoms with Crippen molar-refractivity contribution in [3.8, 4) is 11.5 Å². The standard InChI is InChI=1S/C18H21NO3/c1-21-16-8-5-9-17(22-2)14(16)11-19-15-10-12-6-3-4-7-13(12)18(15)20/h3-9,15,18-20H,10-11H2,1-2H3/t15-,18+/m0/s1. The Hall–Kier alpha value is -2.04. The number of hydrogen-bond donors (Lipinski definition) is 2. The summed E-state index contributed by atoms with van der Waals surface area (Å²) in [5.41, 5.74) is 3.20. The molecule has 4 nitrogen and oxygen atoms in total. The molecule has 1 aliphatic rings. The van der Waals surface area contributed by atoms with Gasteiger partial charge in [-0.2, -0.15) is 0 Å². The molecule has 1 aliphatic carbocycles. The lowest BCUT2D eigenvalue weighted by Crippen LogP contribution is -2.32. The van der Waals surface area contributed by atoms with Crippen molar-refractivity contribution in [3.63, 3.8) is 0 Å². The van der Waals surface area contributed by atoms with Crippen LogP contribution in [0.15, 0.2) is 42.5 Å². The monoisotopic (exact) mass is 299 g/mol. The van der Waals surface area contributed by atoms with Crippen molar-refractivity contribution in [2.45, 2.75) is 25.1 Å². The summed E-state index contributed by atoms with van der Waals surface area (Å²) >= 11 is 0. The van der Waals surface area contributed by atoms with Gasteiger partial charge in [0.05, 0.1) is 20.3 Å². The highest BCUT2D eigenvalue weighted by Gasteiger charge is 2.30. The van der Waals surface area contributed by atoms with Crippen LogP contribution in [0.2, 0.25) is 0 Å². The molecule has 2 aromatic carbocycles. The topological polar surface area (TPSA) is 50.7 Å². The van der Waals surface area contributed by atoms with E-state index >= 15 is 0 Å². The Morgan fingerprint density at radius 2 is 1.73 bits per heavy atom. The first kappa shape index (κ1) is 14.9. The minimum absolute atomic E-state index is 0.00650. The molecule has 0 unspecified atom stereocenters. The minimum Gasteiger partial charge on any atom is -0.496 e. The molecule has 0 amide bonds. The molecule has 116 valence electrons. The zero-order chi connectivity index (χ0) is 15.5.